The van der Waals surface area contributed by atoms with Crippen LogP contribution in [0.15, 0.2) is 52.8 Å². The number of nitrogens with zero attached hydrogens (tertiary/aromatic N) is 2. The molecule has 3 heterocycles. The Morgan fingerprint density at radius 3 is 2.24 bits per heavy atom. The van der Waals surface area contributed by atoms with Gasteiger partial charge in [-0.1, -0.05) is 76.2 Å². The Kier molecular flexibility index (Phi) is 23.3. The highest BCUT2D eigenvalue weighted by molar-refractivity contribution is 6.39. The van der Waals surface area contributed by atoms with Crippen molar-refractivity contribution in [3.63, 3.8) is 0 Å². The van der Waals surface area contributed by atoms with Crippen LogP contribution in [0.5, 0.6) is 0 Å². The number of oxime groups is 1. The van der Waals surface area contributed by atoms with Crippen molar-refractivity contribution in [2.24, 2.45) is 40.7 Å². The predicted molar refractivity (Wildman–Crippen MR) is 271 cm³/mol. The van der Waals surface area contributed by atoms with Crippen molar-refractivity contribution in [2.75, 3.05) is 27.9 Å². The molecular formula is C55H88N2O15. The zero-order valence-corrected chi connectivity index (χ0v) is 45.0. The number of aliphatic hydroxyl groups excluding tert-OH is 3. The first-order valence-electron chi connectivity index (χ1n) is 26.2. The molecule has 17 nitrogen and oxygen atoms in total. The summed E-state index contributed by atoms with van der Waals surface area (Å²) in [5, 5.41) is 60.7. The maximum absolute atomic E-state index is 14.5. The van der Waals surface area contributed by atoms with Crippen LogP contribution in [0, 0.1) is 35.5 Å². The van der Waals surface area contributed by atoms with Gasteiger partial charge in [0, 0.05) is 58.5 Å². The van der Waals surface area contributed by atoms with Gasteiger partial charge in [0.2, 0.25) is 11.4 Å². The van der Waals surface area contributed by atoms with Crippen molar-refractivity contribution in [3.05, 3.63) is 47.6 Å². The van der Waals surface area contributed by atoms with Crippen molar-refractivity contribution in [2.45, 2.75) is 206 Å². The van der Waals surface area contributed by atoms with Gasteiger partial charge in [-0.3, -0.25) is 9.59 Å². The van der Waals surface area contributed by atoms with E-state index in [0.717, 1.165) is 12.0 Å². The molecule has 0 spiro atoms. The Morgan fingerprint density at radius 1 is 0.875 bits per heavy atom. The maximum Gasteiger partial charge on any atom is 0.350 e. The third-order valence-electron chi connectivity index (χ3n) is 15.6. The molecule has 72 heavy (non-hydrogen) atoms. The maximum atomic E-state index is 14.5. The van der Waals surface area contributed by atoms with Crippen molar-refractivity contribution < 1.29 is 73.2 Å². The number of amides is 1. The molecule has 3 aliphatic heterocycles. The molecule has 0 radical (unpaired) electrons. The highest BCUT2D eigenvalue weighted by Gasteiger charge is 2.53. The number of hydrogen-bond acceptors (Lipinski definition) is 15. The van der Waals surface area contributed by atoms with Crippen LogP contribution in [-0.4, -0.2) is 154 Å². The van der Waals surface area contributed by atoms with E-state index in [4.69, 9.17) is 28.5 Å². The zero-order chi connectivity index (χ0) is 53.7. The third-order valence-corrected chi connectivity index (χ3v) is 15.6. The molecule has 4 rings (SSSR count). The van der Waals surface area contributed by atoms with Crippen molar-refractivity contribution >= 4 is 29.3 Å². The molecule has 0 unspecified atom stereocenters. The first kappa shape index (κ1) is 60.7. The van der Waals surface area contributed by atoms with Gasteiger partial charge in [0.1, 0.15) is 24.4 Å². The Hall–Kier alpha value is -3.81. The summed E-state index contributed by atoms with van der Waals surface area (Å²) in [6, 6.07) is -1.14. The van der Waals surface area contributed by atoms with E-state index in [1.165, 1.54) is 25.9 Å². The number of carbonyl (C=O) groups is 4. The van der Waals surface area contributed by atoms with Crippen LogP contribution in [0.1, 0.15) is 139 Å². The molecule has 5 N–H and O–H groups in total. The van der Waals surface area contributed by atoms with E-state index in [0.29, 0.717) is 69.1 Å². The number of aliphatic carboxylic acids is 1. The molecule has 17 heteroatoms. The smallest absolute Gasteiger partial charge is 0.350 e. The number of Topliss-reactive ketones (excluding diaryl/α,β-unsaturated/α-hetero) is 1. The number of esters is 1. The molecule has 2 saturated heterocycles. The minimum atomic E-state index is -2.44. The summed E-state index contributed by atoms with van der Waals surface area (Å²) in [4.78, 5) is 62.0. The molecule has 408 valence electrons. The highest BCUT2D eigenvalue weighted by Crippen LogP contribution is 2.38. The Bertz CT molecular complexity index is 1960. The van der Waals surface area contributed by atoms with E-state index in [9.17, 15) is 44.7 Å². The van der Waals surface area contributed by atoms with Crippen LogP contribution in [0.3, 0.4) is 0 Å². The summed E-state index contributed by atoms with van der Waals surface area (Å²) < 4.78 is 29.9. The fourth-order valence-corrected chi connectivity index (χ4v) is 10.6. The Labute approximate surface area is 428 Å². The number of fused-ring (bicyclic) bond motifs is 3. The standard InChI is InChI=1S/C55H88N2O15/c1-32-18-14-13-15-19-33(2)44(67-10)30-40-23-21-38(7)55(66,71-40)50(61)51(62)57-25-17-16-20-41(57)52(63)70-45(35(4)28-39-22-24-42(58)46(29-39)68-11)31-43(59)34(3)27-37(6)48(60)49(69-12)47(36(5)26-32)56-72-54(8,9)53(64)65/h13-15,18-19,27,32,34-36,38-46,48-49,58-60,66H,16-17,20-26,28-31H2,1-12H3,(H,64,65)/b15-13+,18-14+,33-19+,37-27+,56-47+/t32-,34-,35-,36-,38-,39+,40+,41+,42-,43-,44+,45+,46-,48-,49+,55-/m1/s1. The minimum absolute atomic E-state index is 0.0175. The fraction of sp³-hybridized carbons (Fsp3) is 0.764. The monoisotopic (exact) mass is 1020 g/mol. The van der Waals surface area contributed by atoms with Gasteiger partial charge in [-0.05, 0) is 121 Å². The normalized spacial score (nSPS) is 39.4. The van der Waals surface area contributed by atoms with Gasteiger partial charge in [-0.2, -0.15) is 0 Å². The van der Waals surface area contributed by atoms with Crippen molar-refractivity contribution in [1.29, 1.82) is 0 Å². The molecule has 0 aromatic rings. The van der Waals surface area contributed by atoms with Gasteiger partial charge < -0.3 is 59.0 Å². The third kappa shape index (κ3) is 16.1. The lowest BCUT2D eigenvalue weighted by atomic mass is 9.78. The lowest BCUT2D eigenvalue weighted by molar-refractivity contribution is -0.265. The first-order chi connectivity index (χ1) is 33.9. The molecule has 0 aromatic heterocycles. The molecule has 16 atom stereocenters. The topological polar surface area (TPSA) is 240 Å². The van der Waals surface area contributed by atoms with E-state index in [2.05, 4.69) is 5.16 Å². The molecule has 1 amide bonds. The average molecular weight is 1020 g/mol. The number of allylic oxidation sites excluding steroid dienone is 5. The number of piperidine rings is 1. The van der Waals surface area contributed by atoms with Gasteiger partial charge in [0.15, 0.2) is 0 Å². The van der Waals surface area contributed by atoms with Crippen LogP contribution in [0.2, 0.25) is 0 Å². The molecule has 1 saturated carbocycles. The number of carboxylic acid groups (broad SMARTS) is 1. The number of carboxylic acids is 1. The van der Waals surface area contributed by atoms with Crippen LogP contribution in [-0.2, 0) is 47.7 Å². The molecular weight excluding hydrogens is 929 g/mol. The zero-order valence-electron chi connectivity index (χ0n) is 45.0. The van der Waals surface area contributed by atoms with Crippen LogP contribution < -0.4 is 0 Å². The first-order valence-corrected chi connectivity index (χ1v) is 26.2. The number of methoxy groups -OCH3 is 3. The van der Waals surface area contributed by atoms with Crippen molar-refractivity contribution in [1.82, 2.24) is 4.90 Å². The summed E-state index contributed by atoms with van der Waals surface area (Å²) in [7, 11) is 4.56. The second kappa shape index (κ2) is 27.6. The van der Waals surface area contributed by atoms with Gasteiger partial charge in [0.05, 0.1) is 36.2 Å². The highest BCUT2D eigenvalue weighted by atomic mass is 16.7. The number of ether oxygens (including phenoxy) is 5. The van der Waals surface area contributed by atoms with Gasteiger partial charge >= 0.3 is 11.9 Å². The van der Waals surface area contributed by atoms with Crippen LogP contribution >= 0.6 is 0 Å². The second-order valence-corrected chi connectivity index (χ2v) is 21.8. The minimum Gasteiger partial charge on any atom is -0.478 e. The van der Waals surface area contributed by atoms with E-state index in [1.807, 2.05) is 58.1 Å². The second-order valence-electron chi connectivity index (χ2n) is 21.8. The number of aliphatic hydroxyl groups is 4. The Balaban J connectivity index is 1.78. The van der Waals surface area contributed by atoms with E-state index in [-0.39, 0.29) is 49.2 Å². The molecule has 0 aromatic carbocycles. The average Bonchev–Trinajstić information content (AvgIpc) is 3.34. The van der Waals surface area contributed by atoms with Crippen LogP contribution in [0.25, 0.3) is 0 Å². The number of rotatable bonds is 9. The SMILES string of the molecule is CO[C@H]1C[C@@H]2CC[C@@H](C)[C@@](O)(O2)C(=O)C(=O)N2CCCC[C@H]2C(=O)O[C@H]([C@H](C)C[C@@H]2CC[C@@H](O)[C@H](OC)C2)C[C@@H](O)[C@H](C)/C=C(\C)[C@@H](O)[C@@H](OC)/C(=N/OC(C)(C)C(=O)O)[C@H](C)C[C@H](C)/C=C/C=C/C=C/1C. The van der Waals surface area contributed by atoms with Gasteiger partial charge in [-0.15, -0.1) is 0 Å². The lowest BCUT2D eigenvalue weighted by Crippen LogP contribution is -2.61. The molecule has 4 aliphatic rings. The van der Waals surface area contributed by atoms with E-state index < -0.39 is 95.6 Å². The largest absolute Gasteiger partial charge is 0.478 e. The van der Waals surface area contributed by atoms with Gasteiger partial charge in [0.25, 0.3) is 11.7 Å². The lowest BCUT2D eigenvalue weighted by Gasteiger charge is -2.43. The Morgan fingerprint density at radius 2 is 1.58 bits per heavy atom. The number of cyclic esters (lactones) is 1. The van der Waals surface area contributed by atoms with E-state index >= 15 is 0 Å². The summed E-state index contributed by atoms with van der Waals surface area (Å²) in [6.07, 6.45) is 10.4. The summed E-state index contributed by atoms with van der Waals surface area (Å²) >= 11 is 0. The number of ketones is 1. The molecule has 3 fully saturated rings. The van der Waals surface area contributed by atoms with E-state index in [1.54, 1.807) is 41.1 Å². The van der Waals surface area contributed by atoms with Crippen LogP contribution in [0.4, 0.5) is 0 Å². The summed E-state index contributed by atoms with van der Waals surface area (Å²) in [6.45, 7) is 15.8. The molecule has 2 bridgehead atoms. The number of hydrogen-bond donors (Lipinski definition) is 5. The number of carbonyl (C=O) groups excluding carboxylic acids is 3. The molecule has 1 aliphatic carbocycles. The summed E-state index contributed by atoms with van der Waals surface area (Å²) in [5.41, 5.74) is -0.0972. The predicted octanol–water partition coefficient (Wildman–Crippen LogP) is 6.64. The van der Waals surface area contributed by atoms with Crippen molar-refractivity contribution in [3.8, 4) is 0 Å². The fourth-order valence-electron chi connectivity index (χ4n) is 10.6. The quantitative estimate of drug-likeness (QED) is 0.0704. The summed E-state index contributed by atoms with van der Waals surface area (Å²) in [5.74, 6) is -8.47. The van der Waals surface area contributed by atoms with Gasteiger partial charge in [-0.25, -0.2) is 9.59 Å².